The monoisotopic (exact) mass is 449 g/mol. The number of nitrogens with one attached hydrogen (secondary N) is 1. The lowest BCUT2D eigenvalue weighted by atomic mass is 10.3. The third kappa shape index (κ3) is 5.88. The maximum absolute atomic E-state index is 5.85. The van der Waals surface area contributed by atoms with Gasteiger partial charge in [-0.05, 0) is 24.1 Å². The minimum atomic E-state index is -0.120. The van der Waals surface area contributed by atoms with Crippen LogP contribution in [0, 0.1) is 0 Å². The summed E-state index contributed by atoms with van der Waals surface area (Å²) in [4.78, 5) is 12.9. The van der Waals surface area contributed by atoms with Gasteiger partial charge in [0.05, 0.1) is 24.3 Å². The first-order chi connectivity index (χ1) is 14.6. The lowest BCUT2D eigenvalue weighted by Crippen LogP contribution is -2.22. The quantitative estimate of drug-likeness (QED) is 0.442. The van der Waals surface area contributed by atoms with Crippen LogP contribution in [0.25, 0.3) is 11.5 Å². The Labute approximate surface area is 184 Å². The van der Waals surface area contributed by atoms with Gasteiger partial charge in [-0.3, -0.25) is 14.3 Å². The number of nitrogens with zero attached hydrogens (tertiary/aromatic N) is 6. The molecule has 0 fully saturated rings. The van der Waals surface area contributed by atoms with E-state index in [1.165, 1.54) is 11.9 Å². The van der Waals surface area contributed by atoms with E-state index in [4.69, 9.17) is 21.1 Å². The SMILES string of the molecule is COCC(COC)n1c(NSC(C)Cc2ncc(Cl)cn2)nnc1-c1ccccn1. The van der Waals surface area contributed by atoms with E-state index in [0.717, 1.165) is 11.5 Å². The molecule has 0 aliphatic rings. The molecule has 9 nitrogen and oxygen atoms in total. The van der Waals surface area contributed by atoms with Crippen molar-refractivity contribution in [2.24, 2.45) is 0 Å². The number of ether oxygens (including phenoxy) is 2. The Morgan fingerprint density at radius 3 is 2.47 bits per heavy atom. The van der Waals surface area contributed by atoms with Crippen LogP contribution in [-0.4, -0.2) is 62.4 Å². The van der Waals surface area contributed by atoms with Crippen molar-refractivity contribution in [3.63, 3.8) is 0 Å². The molecule has 3 heterocycles. The lowest BCUT2D eigenvalue weighted by molar-refractivity contribution is 0.0908. The highest BCUT2D eigenvalue weighted by Crippen LogP contribution is 2.27. The standard InChI is InChI=1S/C19H24ClN7O2S/c1-13(8-17-22-9-14(20)10-23-17)30-26-19-25-24-18(16-6-4-5-7-21-16)27(19)15(11-28-2)12-29-3/h4-7,9-10,13,15H,8,11-12H2,1-3H3,(H,25,26). The van der Waals surface area contributed by atoms with Crippen LogP contribution in [0.3, 0.4) is 0 Å². The van der Waals surface area contributed by atoms with Gasteiger partial charge in [-0.1, -0.05) is 24.6 Å². The fourth-order valence-corrected chi connectivity index (χ4v) is 3.63. The Morgan fingerprint density at radius 2 is 1.83 bits per heavy atom. The number of methoxy groups -OCH3 is 2. The zero-order chi connectivity index (χ0) is 21.3. The predicted molar refractivity (Wildman–Crippen MR) is 117 cm³/mol. The molecule has 0 saturated heterocycles. The Bertz CT molecular complexity index is 905. The highest BCUT2D eigenvalue weighted by molar-refractivity contribution is 8.01. The fourth-order valence-electron chi connectivity index (χ4n) is 2.85. The van der Waals surface area contributed by atoms with Crippen molar-refractivity contribution in [3.05, 3.63) is 47.6 Å². The van der Waals surface area contributed by atoms with Crippen LogP contribution >= 0.6 is 23.5 Å². The van der Waals surface area contributed by atoms with Crippen LogP contribution in [0.15, 0.2) is 36.8 Å². The predicted octanol–water partition coefficient (Wildman–Crippen LogP) is 3.31. The van der Waals surface area contributed by atoms with Crippen LogP contribution in [-0.2, 0) is 15.9 Å². The van der Waals surface area contributed by atoms with Crippen LogP contribution in [0.2, 0.25) is 5.02 Å². The van der Waals surface area contributed by atoms with E-state index < -0.39 is 0 Å². The molecule has 0 aliphatic heterocycles. The van der Waals surface area contributed by atoms with Crippen LogP contribution in [0.4, 0.5) is 5.95 Å². The topological polar surface area (TPSA) is 99.9 Å². The summed E-state index contributed by atoms with van der Waals surface area (Å²) in [5.74, 6) is 1.98. The molecule has 1 N–H and O–H groups in total. The second-order valence-corrected chi connectivity index (χ2v) is 8.23. The van der Waals surface area contributed by atoms with Gasteiger partial charge in [0.25, 0.3) is 0 Å². The minimum absolute atomic E-state index is 0.120. The first kappa shape index (κ1) is 22.4. The van der Waals surface area contributed by atoms with E-state index in [1.807, 2.05) is 22.8 Å². The van der Waals surface area contributed by atoms with Gasteiger partial charge in [0, 0.05) is 44.5 Å². The molecule has 0 amide bonds. The highest BCUT2D eigenvalue weighted by Gasteiger charge is 2.23. The van der Waals surface area contributed by atoms with Gasteiger partial charge >= 0.3 is 0 Å². The Balaban J connectivity index is 1.79. The number of halogens is 1. The van der Waals surface area contributed by atoms with E-state index in [2.05, 4.69) is 36.8 Å². The molecule has 0 aromatic carbocycles. The Morgan fingerprint density at radius 1 is 1.10 bits per heavy atom. The summed E-state index contributed by atoms with van der Waals surface area (Å²) >= 11 is 7.37. The van der Waals surface area contributed by atoms with Crippen LogP contribution < -0.4 is 4.72 Å². The molecule has 3 rings (SSSR count). The first-order valence-electron chi connectivity index (χ1n) is 9.34. The van der Waals surface area contributed by atoms with E-state index in [-0.39, 0.29) is 11.3 Å². The van der Waals surface area contributed by atoms with Gasteiger partial charge < -0.3 is 9.47 Å². The average molecular weight is 450 g/mol. The molecule has 11 heteroatoms. The smallest absolute Gasteiger partial charge is 0.235 e. The number of hydrogen-bond acceptors (Lipinski definition) is 9. The molecule has 1 atom stereocenters. The summed E-state index contributed by atoms with van der Waals surface area (Å²) in [6.07, 6.45) is 5.61. The van der Waals surface area contributed by atoms with Gasteiger partial charge in [-0.2, -0.15) is 0 Å². The van der Waals surface area contributed by atoms with Gasteiger partial charge in [-0.25, -0.2) is 9.97 Å². The van der Waals surface area contributed by atoms with Crippen molar-refractivity contribution >= 4 is 29.5 Å². The average Bonchev–Trinajstić information content (AvgIpc) is 3.18. The number of hydrogen-bond donors (Lipinski definition) is 1. The van der Waals surface area contributed by atoms with Crippen molar-refractivity contribution in [1.82, 2.24) is 29.7 Å². The normalized spacial score (nSPS) is 12.3. The molecule has 30 heavy (non-hydrogen) atoms. The summed E-state index contributed by atoms with van der Waals surface area (Å²) < 4.78 is 16.1. The van der Waals surface area contributed by atoms with E-state index in [9.17, 15) is 0 Å². The van der Waals surface area contributed by atoms with Crippen molar-refractivity contribution in [2.45, 2.75) is 24.6 Å². The molecule has 0 radical (unpaired) electrons. The second-order valence-electron chi connectivity index (χ2n) is 6.55. The lowest BCUT2D eigenvalue weighted by Gasteiger charge is -2.21. The highest BCUT2D eigenvalue weighted by atomic mass is 35.5. The van der Waals surface area contributed by atoms with E-state index >= 15 is 0 Å². The van der Waals surface area contributed by atoms with E-state index in [0.29, 0.717) is 36.4 Å². The van der Waals surface area contributed by atoms with Crippen molar-refractivity contribution in [3.8, 4) is 11.5 Å². The second kappa shape index (κ2) is 11.2. The molecule has 3 aromatic heterocycles. The van der Waals surface area contributed by atoms with Gasteiger partial charge in [0.15, 0.2) is 5.82 Å². The summed E-state index contributed by atoms with van der Waals surface area (Å²) in [7, 11) is 3.31. The summed E-state index contributed by atoms with van der Waals surface area (Å²) in [6.45, 7) is 2.97. The van der Waals surface area contributed by atoms with Gasteiger partial charge in [-0.15, -0.1) is 10.2 Å². The molecular formula is C19H24ClN7O2S. The Hall–Kier alpha value is -2.27. The number of rotatable bonds is 11. The third-order valence-electron chi connectivity index (χ3n) is 4.17. The van der Waals surface area contributed by atoms with Gasteiger partial charge in [0.1, 0.15) is 11.5 Å². The van der Waals surface area contributed by atoms with E-state index in [1.54, 1.807) is 32.8 Å². The molecule has 1 unspecified atom stereocenters. The summed E-state index contributed by atoms with van der Waals surface area (Å²) in [5.41, 5.74) is 0.725. The van der Waals surface area contributed by atoms with Crippen molar-refractivity contribution in [1.29, 1.82) is 0 Å². The van der Waals surface area contributed by atoms with Crippen molar-refractivity contribution < 1.29 is 9.47 Å². The number of anilines is 1. The maximum Gasteiger partial charge on any atom is 0.235 e. The zero-order valence-corrected chi connectivity index (χ0v) is 18.6. The molecule has 0 bridgehead atoms. The number of aromatic nitrogens is 6. The number of pyridine rings is 1. The van der Waals surface area contributed by atoms with Crippen LogP contribution in [0.1, 0.15) is 18.8 Å². The maximum atomic E-state index is 5.85. The van der Waals surface area contributed by atoms with Crippen molar-refractivity contribution in [2.75, 3.05) is 32.2 Å². The summed E-state index contributed by atoms with van der Waals surface area (Å²) in [6, 6.07) is 5.56. The zero-order valence-electron chi connectivity index (χ0n) is 17.0. The molecule has 0 spiro atoms. The molecule has 0 saturated carbocycles. The fraction of sp³-hybridized carbons (Fsp3) is 0.421. The molecule has 160 valence electrons. The van der Waals surface area contributed by atoms with Crippen LogP contribution in [0.5, 0.6) is 0 Å². The largest absolute Gasteiger partial charge is 0.382 e. The minimum Gasteiger partial charge on any atom is -0.382 e. The first-order valence-corrected chi connectivity index (χ1v) is 10.6. The molecule has 3 aromatic rings. The van der Waals surface area contributed by atoms with Gasteiger partial charge in [0.2, 0.25) is 5.95 Å². The third-order valence-corrected chi connectivity index (χ3v) is 5.23. The summed E-state index contributed by atoms with van der Waals surface area (Å²) in [5, 5.41) is 9.42. The molecule has 0 aliphatic carbocycles. The molecular weight excluding hydrogens is 426 g/mol. The Kier molecular flexibility index (Phi) is 8.38.